The maximum absolute atomic E-state index is 11.8. The summed E-state index contributed by atoms with van der Waals surface area (Å²) in [5.41, 5.74) is 3.84. The Hall–Kier alpha value is -2.20. The summed E-state index contributed by atoms with van der Waals surface area (Å²) in [5, 5.41) is 3.49. The van der Waals surface area contributed by atoms with Crippen molar-refractivity contribution < 1.29 is 14.3 Å². The standard InChI is InChI=1S/C21H26ClNO3/c1-5-15-12-17(22)20(11-14(15)4)26-13-16-18(23-21(24)6-2)9-8-10-19(16)25-7-3/h8-12H,5-7,13H2,1-4H3,(H,23,24). The van der Waals surface area contributed by atoms with Gasteiger partial charge in [-0.15, -0.1) is 0 Å². The zero-order chi connectivity index (χ0) is 19.1. The van der Waals surface area contributed by atoms with Gasteiger partial charge in [-0.05, 0) is 55.7 Å². The van der Waals surface area contributed by atoms with Crippen molar-refractivity contribution in [2.75, 3.05) is 11.9 Å². The van der Waals surface area contributed by atoms with Crippen molar-refractivity contribution in [2.45, 2.75) is 47.1 Å². The third-order valence-corrected chi connectivity index (χ3v) is 4.47. The highest BCUT2D eigenvalue weighted by Crippen LogP contribution is 2.32. The molecular formula is C21H26ClNO3. The van der Waals surface area contributed by atoms with E-state index in [0.29, 0.717) is 35.2 Å². The van der Waals surface area contributed by atoms with Crippen molar-refractivity contribution in [3.05, 3.63) is 52.0 Å². The van der Waals surface area contributed by atoms with E-state index in [-0.39, 0.29) is 12.5 Å². The molecule has 0 aromatic heterocycles. The highest BCUT2D eigenvalue weighted by Gasteiger charge is 2.14. The zero-order valence-corrected chi connectivity index (χ0v) is 16.6. The molecule has 0 spiro atoms. The number of halogens is 1. The Balaban J connectivity index is 2.30. The van der Waals surface area contributed by atoms with Gasteiger partial charge < -0.3 is 14.8 Å². The molecule has 140 valence electrons. The van der Waals surface area contributed by atoms with Gasteiger partial charge in [-0.3, -0.25) is 4.79 Å². The van der Waals surface area contributed by atoms with Crippen LogP contribution in [0.1, 0.15) is 43.9 Å². The van der Waals surface area contributed by atoms with Crippen LogP contribution >= 0.6 is 11.6 Å². The van der Waals surface area contributed by atoms with Crippen molar-refractivity contribution in [3.63, 3.8) is 0 Å². The number of ether oxygens (including phenoxy) is 2. The molecule has 0 aliphatic heterocycles. The van der Waals surface area contributed by atoms with Crippen LogP contribution in [0.25, 0.3) is 0 Å². The van der Waals surface area contributed by atoms with Crippen LogP contribution in [0.4, 0.5) is 5.69 Å². The van der Waals surface area contributed by atoms with Gasteiger partial charge in [0.25, 0.3) is 0 Å². The lowest BCUT2D eigenvalue weighted by Gasteiger charge is -2.17. The number of hydrogen-bond donors (Lipinski definition) is 1. The van der Waals surface area contributed by atoms with Crippen molar-refractivity contribution in [2.24, 2.45) is 0 Å². The molecule has 0 unspecified atom stereocenters. The molecular weight excluding hydrogens is 350 g/mol. The second kappa shape index (κ2) is 9.48. The summed E-state index contributed by atoms with van der Waals surface area (Å²) >= 11 is 6.37. The summed E-state index contributed by atoms with van der Waals surface area (Å²) in [4.78, 5) is 11.8. The molecule has 0 radical (unpaired) electrons. The van der Waals surface area contributed by atoms with Gasteiger partial charge in [-0.25, -0.2) is 0 Å². The lowest BCUT2D eigenvalue weighted by atomic mass is 10.1. The fraction of sp³-hybridized carbons (Fsp3) is 0.381. The highest BCUT2D eigenvalue weighted by atomic mass is 35.5. The molecule has 5 heteroatoms. The maximum atomic E-state index is 11.8. The Morgan fingerprint density at radius 2 is 1.88 bits per heavy atom. The molecule has 26 heavy (non-hydrogen) atoms. The van der Waals surface area contributed by atoms with Gasteiger partial charge in [0, 0.05) is 6.42 Å². The first-order chi connectivity index (χ1) is 12.5. The highest BCUT2D eigenvalue weighted by molar-refractivity contribution is 6.32. The van der Waals surface area contributed by atoms with Crippen LogP contribution in [-0.2, 0) is 17.8 Å². The van der Waals surface area contributed by atoms with Gasteiger partial charge in [-0.1, -0.05) is 31.5 Å². The Kier molecular flexibility index (Phi) is 7.34. The number of hydrogen-bond acceptors (Lipinski definition) is 3. The number of nitrogens with one attached hydrogen (secondary N) is 1. The fourth-order valence-electron chi connectivity index (χ4n) is 2.70. The molecule has 0 bridgehead atoms. The lowest BCUT2D eigenvalue weighted by Crippen LogP contribution is -2.13. The number of amides is 1. The van der Waals surface area contributed by atoms with E-state index in [2.05, 4.69) is 12.2 Å². The quantitative estimate of drug-likeness (QED) is 0.659. The lowest BCUT2D eigenvalue weighted by molar-refractivity contribution is -0.115. The van der Waals surface area contributed by atoms with E-state index in [0.717, 1.165) is 17.5 Å². The van der Waals surface area contributed by atoms with E-state index < -0.39 is 0 Å². The van der Waals surface area contributed by atoms with Crippen molar-refractivity contribution >= 4 is 23.2 Å². The topological polar surface area (TPSA) is 47.6 Å². The second-order valence-corrected chi connectivity index (χ2v) is 6.38. The number of anilines is 1. The summed E-state index contributed by atoms with van der Waals surface area (Å²) in [5.74, 6) is 1.26. The largest absolute Gasteiger partial charge is 0.493 e. The summed E-state index contributed by atoms with van der Waals surface area (Å²) in [6, 6.07) is 9.47. The minimum atomic E-state index is -0.0546. The number of aryl methyl sites for hydroxylation is 2. The Morgan fingerprint density at radius 1 is 1.12 bits per heavy atom. The first kappa shape index (κ1) is 20.1. The van der Waals surface area contributed by atoms with Crippen LogP contribution in [0.5, 0.6) is 11.5 Å². The van der Waals surface area contributed by atoms with Crippen LogP contribution in [0, 0.1) is 6.92 Å². The Morgan fingerprint density at radius 3 is 2.54 bits per heavy atom. The summed E-state index contributed by atoms with van der Waals surface area (Å²) in [6.45, 7) is 8.66. The molecule has 4 nitrogen and oxygen atoms in total. The van der Waals surface area contributed by atoms with E-state index in [9.17, 15) is 4.79 Å². The third-order valence-electron chi connectivity index (χ3n) is 4.17. The molecule has 2 aromatic carbocycles. The van der Waals surface area contributed by atoms with Crippen LogP contribution in [0.2, 0.25) is 5.02 Å². The molecule has 0 saturated heterocycles. The Labute approximate surface area is 160 Å². The summed E-state index contributed by atoms with van der Waals surface area (Å²) in [6.07, 6.45) is 1.33. The van der Waals surface area contributed by atoms with Gasteiger partial charge >= 0.3 is 0 Å². The van der Waals surface area contributed by atoms with Gasteiger partial charge in [0.2, 0.25) is 5.91 Å². The molecule has 0 aliphatic carbocycles. The van der Waals surface area contributed by atoms with E-state index in [4.69, 9.17) is 21.1 Å². The van der Waals surface area contributed by atoms with Crippen LogP contribution in [0.3, 0.4) is 0 Å². The van der Waals surface area contributed by atoms with Gasteiger partial charge in [0.05, 0.1) is 22.9 Å². The average Bonchev–Trinajstić information content (AvgIpc) is 2.63. The summed E-state index contributed by atoms with van der Waals surface area (Å²) < 4.78 is 11.7. The first-order valence-electron chi connectivity index (χ1n) is 8.96. The Bertz CT molecular complexity index is 774. The predicted molar refractivity (Wildman–Crippen MR) is 106 cm³/mol. The molecule has 0 atom stereocenters. The number of benzene rings is 2. The van der Waals surface area contributed by atoms with Gasteiger partial charge in [0.15, 0.2) is 0 Å². The van der Waals surface area contributed by atoms with E-state index >= 15 is 0 Å². The molecule has 1 N–H and O–H groups in total. The monoisotopic (exact) mass is 375 g/mol. The van der Waals surface area contributed by atoms with Crippen LogP contribution in [0.15, 0.2) is 30.3 Å². The van der Waals surface area contributed by atoms with Gasteiger partial charge in [-0.2, -0.15) is 0 Å². The smallest absolute Gasteiger partial charge is 0.224 e. The molecule has 2 aromatic rings. The van der Waals surface area contributed by atoms with Crippen LogP contribution < -0.4 is 14.8 Å². The van der Waals surface area contributed by atoms with E-state index in [1.54, 1.807) is 0 Å². The number of rotatable bonds is 8. The minimum absolute atomic E-state index is 0.0546. The normalized spacial score (nSPS) is 10.5. The van der Waals surface area contributed by atoms with E-state index in [1.807, 2.05) is 51.1 Å². The van der Waals surface area contributed by atoms with Crippen molar-refractivity contribution in [3.8, 4) is 11.5 Å². The van der Waals surface area contributed by atoms with Crippen LogP contribution in [-0.4, -0.2) is 12.5 Å². The number of carbonyl (C=O) groups excluding carboxylic acids is 1. The van der Waals surface area contributed by atoms with Crippen molar-refractivity contribution in [1.82, 2.24) is 0 Å². The second-order valence-electron chi connectivity index (χ2n) is 5.97. The predicted octanol–water partition coefficient (Wildman–Crippen LogP) is 5.54. The van der Waals surface area contributed by atoms with Crippen molar-refractivity contribution in [1.29, 1.82) is 0 Å². The fourth-order valence-corrected chi connectivity index (χ4v) is 2.94. The number of carbonyl (C=O) groups is 1. The third kappa shape index (κ3) is 4.92. The minimum Gasteiger partial charge on any atom is -0.493 e. The molecule has 2 rings (SSSR count). The molecule has 0 saturated carbocycles. The zero-order valence-electron chi connectivity index (χ0n) is 15.8. The SMILES string of the molecule is CCOc1cccc(NC(=O)CC)c1COc1cc(C)c(CC)cc1Cl. The molecule has 0 fully saturated rings. The molecule has 1 amide bonds. The average molecular weight is 376 g/mol. The van der Waals surface area contributed by atoms with E-state index in [1.165, 1.54) is 5.56 Å². The summed E-state index contributed by atoms with van der Waals surface area (Å²) in [7, 11) is 0. The molecule has 0 aliphatic rings. The first-order valence-corrected chi connectivity index (χ1v) is 9.34. The van der Waals surface area contributed by atoms with Gasteiger partial charge in [0.1, 0.15) is 18.1 Å². The molecule has 0 heterocycles. The maximum Gasteiger partial charge on any atom is 0.224 e.